The number of methoxy groups -OCH3 is 1. The number of allylic oxidation sites excluding steroid dienone is 18. The first-order valence-electron chi connectivity index (χ1n) is 47.1. The van der Waals surface area contributed by atoms with Gasteiger partial charge in [0.25, 0.3) is 0 Å². The summed E-state index contributed by atoms with van der Waals surface area (Å²) in [5, 5.41) is 23.1. The van der Waals surface area contributed by atoms with Crippen LogP contribution in [0, 0.1) is 88.7 Å². The predicted molar refractivity (Wildman–Crippen MR) is 459 cm³/mol. The SMILES string of the molecule is CC(C)OC(=O)[C@H]1C2=C(CCC34C(=O)CC[C@]3(C)CC=C24)C2(C)CCC(=O)C=C2[C@@H]1O.CC12CCC(=O)C=C1C[C@@H](C(=O)OC1CCCC1)C1=C2CCC23C(=O)CC[C@]2(C)CC=C13.CCC(C)OC(=O)[C@H]1C2=C(CCC34C(=O)CC[C@]3(C)CC=C24)C2(C)CCC(=O)C=C2[C@@H]1O.COC(=O)[C@@H]1CC2=CC(=O)CCC2(C)C2=C1C1=CC[C@@]3(C)CCC(=O)C13CC2. The summed E-state index contributed by atoms with van der Waals surface area (Å²) in [5.74, 6) is -2.21. The van der Waals surface area contributed by atoms with E-state index in [0.717, 1.165) is 202 Å². The number of hydrogen-bond donors (Lipinski definition) is 2. The Morgan fingerprint density at radius 2 is 0.707 bits per heavy atom. The summed E-state index contributed by atoms with van der Waals surface area (Å²) in [6.07, 6.45) is 39.6. The number of aliphatic hydroxyl groups excluding tert-OH is 2. The van der Waals surface area contributed by atoms with Crippen LogP contribution in [0.2, 0.25) is 0 Å². The van der Waals surface area contributed by atoms with Crippen molar-refractivity contribution in [3.05, 3.63) is 138 Å². The number of hydrogen-bond acceptors (Lipinski definition) is 18. The Morgan fingerprint density at radius 1 is 0.390 bits per heavy atom. The fourth-order valence-corrected chi connectivity index (χ4v) is 30.3. The summed E-state index contributed by atoms with van der Waals surface area (Å²) in [5.41, 5.74) is 13.0. The molecule has 0 aromatic carbocycles. The first-order chi connectivity index (χ1) is 58.2. The molecule has 0 aromatic rings. The normalized spacial score (nSPS) is 41.3. The molecule has 2 N–H and O–H groups in total. The fraction of sp³-hybridized carbons (Fsp3) is 0.657. The lowest BCUT2D eigenvalue weighted by Gasteiger charge is -2.53. The maximum Gasteiger partial charge on any atom is 0.316 e. The number of esters is 4. The Bertz CT molecular complexity index is 5220. The molecule has 123 heavy (non-hydrogen) atoms. The molecule has 0 heterocycles. The topological polar surface area (TPSA) is 282 Å². The Hall–Kier alpha value is -7.96. The minimum absolute atomic E-state index is 0.000487. The number of Topliss-reactive ketones (excluding diaryl/α,β-unsaturated/α-hetero) is 4. The molecular formula is C105H128O18. The summed E-state index contributed by atoms with van der Waals surface area (Å²) in [4.78, 5) is 156. The van der Waals surface area contributed by atoms with Crippen LogP contribution in [-0.4, -0.2) is 118 Å². The molecule has 21 rings (SSSR count). The van der Waals surface area contributed by atoms with Crippen LogP contribution in [0.4, 0.5) is 0 Å². The van der Waals surface area contributed by atoms with Gasteiger partial charge < -0.3 is 29.2 Å². The number of carbonyl (C=O) groups is 12. The summed E-state index contributed by atoms with van der Waals surface area (Å²) in [6.45, 7) is 25.1. The van der Waals surface area contributed by atoms with Crippen molar-refractivity contribution in [1.82, 2.24) is 0 Å². The van der Waals surface area contributed by atoms with Crippen LogP contribution in [0.5, 0.6) is 0 Å². The van der Waals surface area contributed by atoms with Crippen LogP contribution in [0.25, 0.3) is 0 Å². The molecule has 5 fully saturated rings. The molecule has 4 spiro atoms. The van der Waals surface area contributed by atoms with Crippen LogP contribution in [0.1, 0.15) is 308 Å². The summed E-state index contributed by atoms with van der Waals surface area (Å²) < 4.78 is 22.6. The van der Waals surface area contributed by atoms with Gasteiger partial charge in [0.15, 0.2) is 23.1 Å². The quantitative estimate of drug-likeness (QED) is 0.169. The van der Waals surface area contributed by atoms with E-state index in [1.54, 1.807) is 32.1 Å². The van der Waals surface area contributed by atoms with Crippen LogP contribution in [0.15, 0.2) is 138 Å². The zero-order chi connectivity index (χ0) is 87.6. The Kier molecular flexibility index (Phi) is 20.6. The molecule has 0 radical (unpaired) electrons. The van der Waals surface area contributed by atoms with E-state index in [0.29, 0.717) is 113 Å². The van der Waals surface area contributed by atoms with Gasteiger partial charge in [-0.3, -0.25) is 57.5 Å². The third-order valence-corrected chi connectivity index (χ3v) is 37.7. The molecule has 0 aromatic heterocycles. The van der Waals surface area contributed by atoms with E-state index in [4.69, 9.17) is 18.9 Å². The maximum atomic E-state index is 13.6. The standard InChI is InChI=1S/C28H34O4.C27H34O5.C26H32O5.C24H28O4/c1-26-11-8-22-24-20(25(31)32-19-5-3-4-6-19)16-17-15-18(29)7-13-27(17,2)21(24)9-14-28(22,26)23(30)10-12-26;1-5-15(2)32-24(31)22-21-17(26(4)12-6-16(28)14-19(26)23(22)30)8-13-27-18(21)7-10-25(27,3)11-9-20(27)29;1-14(2)31-23(30)21-20-16(25(4)11-5-15(27)13-18(25)22(21)29)7-12-26-17(20)6-9-24(26,3)10-8-19(26)28;1-22-8-5-18-20-16(21(27)28-3)13-14-12-15(25)4-10-23(14,2)17(20)6-11-24(18,22)19(26)7-9-22/h8,15,19-20H,3-7,9-14,16H2,1-2H3;7,14-15,22-23,30H,5-6,8-13H2,1-4H3;6,13-14,21-22,29H,5,7-12H2,1-4H3;5,12,16H,4,6-11,13H2,1-3H3/t20-,26+,27?,28?;15?,22-,23-,25-,26?,27?;21-,22-,24-,25?,26?;16-,22+,23?,24?/m1001/s1. The maximum absolute atomic E-state index is 13.6. The molecule has 656 valence electrons. The lowest BCUT2D eigenvalue weighted by atomic mass is 9.50. The molecule has 9 unspecified atom stereocenters. The van der Waals surface area contributed by atoms with Crippen molar-refractivity contribution >= 4 is 70.1 Å². The van der Waals surface area contributed by atoms with Crippen LogP contribution in [-0.2, 0) is 76.5 Å². The molecule has 18 heteroatoms. The minimum Gasteiger partial charge on any atom is -0.469 e. The molecule has 0 aliphatic heterocycles. The van der Waals surface area contributed by atoms with Crippen molar-refractivity contribution in [2.45, 2.75) is 338 Å². The van der Waals surface area contributed by atoms with Gasteiger partial charge in [-0.25, -0.2) is 0 Å². The lowest BCUT2D eigenvalue weighted by molar-refractivity contribution is -0.156. The zero-order valence-electron chi connectivity index (χ0n) is 75.0. The largest absolute Gasteiger partial charge is 0.469 e. The Morgan fingerprint density at radius 3 is 1.05 bits per heavy atom. The molecular weight excluding hydrogens is 1550 g/mol. The Labute approximate surface area is 724 Å². The molecule has 0 amide bonds. The third-order valence-electron chi connectivity index (χ3n) is 37.7. The predicted octanol–water partition coefficient (Wildman–Crippen LogP) is 18.2. The van der Waals surface area contributed by atoms with Gasteiger partial charge in [-0.2, -0.15) is 0 Å². The highest BCUT2D eigenvalue weighted by atomic mass is 16.6. The molecule has 5 saturated carbocycles. The van der Waals surface area contributed by atoms with Crippen molar-refractivity contribution in [2.75, 3.05) is 7.11 Å². The van der Waals surface area contributed by atoms with Crippen molar-refractivity contribution in [2.24, 2.45) is 88.7 Å². The van der Waals surface area contributed by atoms with E-state index in [1.165, 1.54) is 18.3 Å². The van der Waals surface area contributed by atoms with Gasteiger partial charge in [0.05, 0.1) is 65.0 Å². The monoisotopic (exact) mass is 1680 g/mol. The second-order valence-electron chi connectivity index (χ2n) is 43.5. The second kappa shape index (κ2) is 29.6. The smallest absolute Gasteiger partial charge is 0.316 e. The van der Waals surface area contributed by atoms with Gasteiger partial charge in [-0.15, -0.1) is 0 Å². The highest BCUT2D eigenvalue weighted by molar-refractivity contribution is 6.02. The lowest BCUT2D eigenvalue weighted by Crippen LogP contribution is -2.51. The first kappa shape index (κ1) is 85.8. The summed E-state index contributed by atoms with van der Waals surface area (Å²) in [7, 11) is 1.43. The van der Waals surface area contributed by atoms with E-state index < -0.39 is 74.4 Å². The average Bonchev–Trinajstić information content (AvgIpc) is 1.58. The average molecular weight is 1680 g/mol. The van der Waals surface area contributed by atoms with E-state index in [1.807, 2.05) is 19.9 Å². The van der Waals surface area contributed by atoms with E-state index in [-0.39, 0.29) is 103 Å². The van der Waals surface area contributed by atoms with Gasteiger partial charge in [-0.05, 0) is 296 Å². The van der Waals surface area contributed by atoms with Gasteiger partial charge in [0, 0.05) is 73.0 Å². The van der Waals surface area contributed by atoms with Gasteiger partial charge in [0.1, 0.15) is 41.1 Å². The number of ketones is 8. The molecule has 19 atom stereocenters. The van der Waals surface area contributed by atoms with Crippen molar-refractivity contribution in [3.8, 4) is 0 Å². The van der Waals surface area contributed by atoms with Crippen LogP contribution < -0.4 is 0 Å². The fourth-order valence-electron chi connectivity index (χ4n) is 30.3. The summed E-state index contributed by atoms with van der Waals surface area (Å²) >= 11 is 0. The molecule has 21 aliphatic carbocycles. The highest BCUT2D eigenvalue weighted by Crippen LogP contribution is 2.76. The number of fused-ring (bicyclic) bond motifs is 12. The van der Waals surface area contributed by atoms with Crippen molar-refractivity contribution < 1.29 is 86.7 Å². The van der Waals surface area contributed by atoms with Crippen LogP contribution >= 0.6 is 0 Å². The number of carbonyl (C=O) groups excluding carboxylic acids is 12. The zero-order valence-corrected chi connectivity index (χ0v) is 75.0. The van der Waals surface area contributed by atoms with E-state index in [9.17, 15) is 67.7 Å². The highest BCUT2D eigenvalue weighted by Gasteiger charge is 2.72. The first-order valence-corrected chi connectivity index (χ1v) is 47.1. The molecule has 0 saturated heterocycles. The van der Waals surface area contributed by atoms with Crippen molar-refractivity contribution in [3.63, 3.8) is 0 Å². The molecule has 21 aliphatic rings. The van der Waals surface area contributed by atoms with E-state index in [2.05, 4.69) is 79.7 Å². The molecule has 18 nitrogen and oxygen atoms in total. The summed E-state index contributed by atoms with van der Waals surface area (Å²) in [6, 6.07) is 0. The van der Waals surface area contributed by atoms with Gasteiger partial charge in [0.2, 0.25) is 0 Å². The Balaban J connectivity index is 0.000000112. The van der Waals surface area contributed by atoms with Crippen molar-refractivity contribution in [1.29, 1.82) is 0 Å². The minimum atomic E-state index is -1.11. The third kappa shape index (κ3) is 11.9. The van der Waals surface area contributed by atoms with Crippen LogP contribution in [0.3, 0.4) is 0 Å². The van der Waals surface area contributed by atoms with E-state index >= 15 is 0 Å². The number of rotatable bonds is 8. The van der Waals surface area contributed by atoms with Gasteiger partial charge in [-0.1, -0.05) is 120 Å². The van der Waals surface area contributed by atoms with Gasteiger partial charge >= 0.3 is 23.9 Å². The molecule has 0 bridgehead atoms. The second-order valence-corrected chi connectivity index (χ2v) is 43.5. The number of aliphatic hydroxyl groups is 2. The number of ether oxygens (including phenoxy) is 4.